The highest BCUT2D eigenvalue weighted by Crippen LogP contribution is 2.43. The summed E-state index contributed by atoms with van der Waals surface area (Å²) >= 11 is 6.52. The molecule has 2 aromatic carbocycles. The van der Waals surface area contributed by atoms with E-state index >= 15 is 0 Å². The molecule has 3 aromatic rings. The zero-order valence-corrected chi connectivity index (χ0v) is 17.7. The molecular formula is C24H21ClN4O2. The van der Waals surface area contributed by atoms with Gasteiger partial charge in [0.25, 0.3) is 5.91 Å². The van der Waals surface area contributed by atoms with Crippen LogP contribution < -0.4 is 10.6 Å². The number of rotatable bonds is 3. The average molecular weight is 433 g/mol. The van der Waals surface area contributed by atoms with Crippen LogP contribution in [0.25, 0.3) is 0 Å². The number of ketones is 1. The molecule has 5 rings (SSSR count). The molecule has 0 saturated heterocycles. The lowest BCUT2D eigenvalue weighted by Crippen LogP contribution is -2.32. The number of halogens is 1. The molecule has 31 heavy (non-hydrogen) atoms. The van der Waals surface area contributed by atoms with Crippen LogP contribution in [0.2, 0.25) is 5.02 Å². The van der Waals surface area contributed by atoms with Gasteiger partial charge in [0.2, 0.25) is 0 Å². The second-order valence-electron chi connectivity index (χ2n) is 7.89. The Morgan fingerprint density at radius 1 is 1.19 bits per heavy atom. The maximum Gasteiger partial charge on any atom is 0.261 e. The Balaban J connectivity index is 1.59. The summed E-state index contributed by atoms with van der Waals surface area (Å²) in [6.07, 6.45) is 3.56. The van der Waals surface area contributed by atoms with Crippen LogP contribution >= 0.6 is 11.6 Å². The van der Waals surface area contributed by atoms with Gasteiger partial charge in [0, 0.05) is 28.4 Å². The molecule has 0 unspecified atom stereocenters. The van der Waals surface area contributed by atoms with Crippen LogP contribution in [0.3, 0.4) is 0 Å². The van der Waals surface area contributed by atoms with Gasteiger partial charge >= 0.3 is 0 Å². The number of hydrogen-bond donors (Lipinski definition) is 2. The summed E-state index contributed by atoms with van der Waals surface area (Å²) in [4.78, 5) is 26.0. The van der Waals surface area contributed by atoms with E-state index in [4.69, 9.17) is 11.6 Å². The molecule has 1 aliphatic heterocycles. The smallest absolute Gasteiger partial charge is 0.261 e. The molecule has 1 aliphatic carbocycles. The lowest BCUT2D eigenvalue weighted by Gasteiger charge is -2.33. The van der Waals surface area contributed by atoms with E-state index in [0.29, 0.717) is 28.4 Å². The Morgan fingerprint density at radius 2 is 2.03 bits per heavy atom. The van der Waals surface area contributed by atoms with Gasteiger partial charge in [-0.25, -0.2) is 4.68 Å². The number of hydrogen-bond acceptors (Lipinski definition) is 4. The minimum Gasteiger partial charge on any atom is -0.343 e. The fourth-order valence-corrected chi connectivity index (χ4v) is 4.57. The summed E-state index contributed by atoms with van der Waals surface area (Å²) in [5.41, 5.74) is 4.52. The van der Waals surface area contributed by atoms with E-state index in [1.165, 1.54) is 0 Å². The van der Waals surface area contributed by atoms with E-state index in [1.807, 2.05) is 49.4 Å². The number of aromatic nitrogens is 2. The van der Waals surface area contributed by atoms with Crippen LogP contribution in [-0.2, 0) is 4.79 Å². The molecule has 7 heteroatoms. The highest BCUT2D eigenvalue weighted by molar-refractivity contribution is 6.31. The number of carbonyl (C=O) groups is 2. The number of anilines is 2. The van der Waals surface area contributed by atoms with E-state index in [0.717, 1.165) is 35.4 Å². The summed E-state index contributed by atoms with van der Waals surface area (Å²) in [6.45, 7) is 1.97. The summed E-state index contributed by atoms with van der Waals surface area (Å²) < 4.78 is 1.70. The van der Waals surface area contributed by atoms with Crippen LogP contribution in [0.5, 0.6) is 0 Å². The zero-order chi connectivity index (χ0) is 21.5. The van der Waals surface area contributed by atoms with Crippen molar-refractivity contribution in [3.8, 4) is 0 Å². The number of Topliss-reactive ketones (excluding diaryl/α,β-unsaturated/α-hetero) is 1. The maximum atomic E-state index is 13.1. The first-order valence-electron chi connectivity index (χ1n) is 10.3. The molecule has 1 aromatic heterocycles. The van der Waals surface area contributed by atoms with Gasteiger partial charge < -0.3 is 10.6 Å². The maximum absolute atomic E-state index is 13.1. The lowest BCUT2D eigenvalue weighted by molar-refractivity contribution is -0.116. The van der Waals surface area contributed by atoms with Gasteiger partial charge in [0.05, 0.1) is 6.20 Å². The molecule has 2 heterocycles. The number of nitrogens with zero attached hydrogens (tertiary/aromatic N) is 2. The van der Waals surface area contributed by atoms with Gasteiger partial charge in [0.1, 0.15) is 17.4 Å². The first kappa shape index (κ1) is 19.6. The molecule has 0 bridgehead atoms. The number of benzene rings is 2. The van der Waals surface area contributed by atoms with Crippen LogP contribution in [0.1, 0.15) is 46.8 Å². The summed E-state index contributed by atoms with van der Waals surface area (Å²) in [7, 11) is 0. The van der Waals surface area contributed by atoms with Gasteiger partial charge in [-0.3, -0.25) is 9.59 Å². The van der Waals surface area contributed by atoms with Gasteiger partial charge in [-0.05, 0) is 49.1 Å². The predicted molar refractivity (Wildman–Crippen MR) is 120 cm³/mol. The molecule has 0 radical (unpaired) electrons. The predicted octanol–water partition coefficient (Wildman–Crippen LogP) is 5.12. The van der Waals surface area contributed by atoms with Crippen molar-refractivity contribution in [2.75, 3.05) is 10.6 Å². The third kappa shape index (κ3) is 3.43. The molecular weight excluding hydrogens is 412 g/mol. The summed E-state index contributed by atoms with van der Waals surface area (Å²) in [5, 5.41) is 11.3. The normalized spacial score (nSPS) is 17.6. The highest BCUT2D eigenvalue weighted by Gasteiger charge is 2.38. The summed E-state index contributed by atoms with van der Waals surface area (Å²) in [6, 6.07) is 14.6. The van der Waals surface area contributed by atoms with Crippen LogP contribution in [-0.4, -0.2) is 21.5 Å². The molecule has 6 nitrogen and oxygen atoms in total. The lowest BCUT2D eigenvalue weighted by atomic mass is 9.85. The van der Waals surface area contributed by atoms with Crippen molar-refractivity contribution in [1.29, 1.82) is 0 Å². The van der Waals surface area contributed by atoms with Crippen LogP contribution in [0.4, 0.5) is 11.5 Å². The molecule has 1 atom stereocenters. The molecule has 2 aliphatic rings. The fourth-order valence-electron chi connectivity index (χ4n) is 4.33. The highest BCUT2D eigenvalue weighted by atomic mass is 35.5. The van der Waals surface area contributed by atoms with E-state index in [1.54, 1.807) is 16.9 Å². The molecule has 0 saturated carbocycles. The number of carbonyl (C=O) groups excluding carboxylic acids is 2. The fraction of sp³-hybridized carbons (Fsp3) is 0.208. The number of amides is 1. The minimum absolute atomic E-state index is 0.0885. The Bertz CT molecular complexity index is 1240. The van der Waals surface area contributed by atoms with Gasteiger partial charge in [0.15, 0.2) is 5.78 Å². The minimum atomic E-state index is -0.465. The zero-order valence-electron chi connectivity index (χ0n) is 17.0. The van der Waals surface area contributed by atoms with E-state index in [9.17, 15) is 9.59 Å². The van der Waals surface area contributed by atoms with E-state index in [2.05, 4.69) is 15.7 Å². The first-order chi connectivity index (χ1) is 15.0. The van der Waals surface area contributed by atoms with Crippen LogP contribution in [0.15, 0.2) is 66.0 Å². The second-order valence-corrected chi connectivity index (χ2v) is 8.30. The number of nitrogens with one attached hydrogen (secondary N) is 2. The largest absolute Gasteiger partial charge is 0.343 e. The number of aryl methyl sites for hydroxylation is 1. The Labute approximate surface area is 184 Å². The second kappa shape index (κ2) is 7.71. The van der Waals surface area contributed by atoms with Crippen molar-refractivity contribution in [3.63, 3.8) is 0 Å². The number of allylic oxidation sites excluding steroid dienone is 2. The molecule has 1 amide bonds. The van der Waals surface area contributed by atoms with Gasteiger partial charge in [-0.15, -0.1) is 0 Å². The number of fused-ring (bicyclic) bond motifs is 1. The topological polar surface area (TPSA) is 76.0 Å². The molecule has 0 fully saturated rings. The Kier molecular flexibility index (Phi) is 4.87. The van der Waals surface area contributed by atoms with E-state index in [-0.39, 0.29) is 11.7 Å². The third-order valence-corrected chi connectivity index (χ3v) is 6.10. The Morgan fingerprint density at radius 3 is 2.84 bits per heavy atom. The van der Waals surface area contributed by atoms with Crippen LogP contribution in [0, 0.1) is 6.92 Å². The molecule has 2 N–H and O–H groups in total. The third-order valence-electron chi connectivity index (χ3n) is 5.76. The van der Waals surface area contributed by atoms with Crippen molar-refractivity contribution in [2.45, 2.75) is 32.2 Å². The van der Waals surface area contributed by atoms with Crippen molar-refractivity contribution < 1.29 is 9.59 Å². The van der Waals surface area contributed by atoms with Crippen molar-refractivity contribution >= 4 is 34.8 Å². The molecule has 156 valence electrons. The van der Waals surface area contributed by atoms with Gasteiger partial charge in [-0.2, -0.15) is 5.10 Å². The quantitative estimate of drug-likeness (QED) is 0.602. The van der Waals surface area contributed by atoms with Gasteiger partial charge in [-0.1, -0.05) is 41.9 Å². The van der Waals surface area contributed by atoms with Crippen molar-refractivity contribution in [2.24, 2.45) is 0 Å². The SMILES string of the molecule is Cc1cccc(NC(=O)c2cnn3c2NC2=C(C(=O)CCC2)[C@H]3c2ccccc2Cl)c1. The monoisotopic (exact) mass is 432 g/mol. The average Bonchev–Trinajstić information content (AvgIpc) is 3.17. The van der Waals surface area contributed by atoms with E-state index < -0.39 is 6.04 Å². The standard InChI is InChI=1S/C24H21ClN4O2/c1-14-6-4-7-15(12-14)27-24(31)17-13-26-29-22(16-8-2-3-9-18(16)25)21-19(28-23(17)29)10-5-11-20(21)30/h2-4,6-9,12-13,22,28H,5,10-11H2,1H3,(H,27,31)/t22-/m1/s1. The Hall–Kier alpha value is -3.38. The summed E-state index contributed by atoms with van der Waals surface area (Å²) in [5.74, 6) is 0.401. The van der Waals surface area contributed by atoms with Crippen molar-refractivity contribution in [1.82, 2.24) is 9.78 Å². The first-order valence-corrected chi connectivity index (χ1v) is 10.6. The van der Waals surface area contributed by atoms with Crippen molar-refractivity contribution in [3.05, 3.63) is 87.7 Å². The molecule has 0 spiro atoms.